The van der Waals surface area contributed by atoms with Crippen LogP contribution in [0.1, 0.15) is 30.5 Å². The van der Waals surface area contributed by atoms with Crippen molar-refractivity contribution >= 4 is 16.9 Å². The maximum Gasteiger partial charge on any atom is 0.320 e. The quantitative estimate of drug-likeness (QED) is 0.797. The van der Waals surface area contributed by atoms with E-state index in [2.05, 4.69) is 4.98 Å². The Morgan fingerprint density at radius 3 is 2.73 bits per heavy atom. The topological polar surface area (TPSA) is 39.3 Å². The molecule has 5 heteroatoms. The van der Waals surface area contributed by atoms with E-state index in [1.54, 1.807) is 12.1 Å². The Kier molecular flexibility index (Phi) is 3.28. The Labute approximate surface area is 128 Å². The number of halogens is 1. The van der Waals surface area contributed by atoms with Gasteiger partial charge in [0.15, 0.2) is 0 Å². The van der Waals surface area contributed by atoms with E-state index in [1.165, 1.54) is 12.5 Å². The predicted molar refractivity (Wildman–Crippen MR) is 83.2 cm³/mol. The van der Waals surface area contributed by atoms with Crippen LogP contribution >= 0.6 is 0 Å². The fraction of sp³-hybridized carbons (Fsp3) is 0.471. The molecule has 0 radical (unpaired) electrons. The minimum Gasteiger partial charge on any atom is -0.358 e. The van der Waals surface area contributed by atoms with Gasteiger partial charge in [-0.3, -0.25) is 0 Å². The molecule has 1 aromatic heterocycles. The highest BCUT2D eigenvalue weighted by Crippen LogP contribution is 2.29. The molecule has 116 valence electrons. The minimum absolute atomic E-state index is 0.135. The van der Waals surface area contributed by atoms with Crippen LogP contribution in [-0.2, 0) is 13.0 Å². The highest BCUT2D eigenvalue weighted by atomic mass is 19.1. The van der Waals surface area contributed by atoms with Crippen LogP contribution in [0.25, 0.3) is 10.9 Å². The molecule has 2 amide bonds. The van der Waals surface area contributed by atoms with Gasteiger partial charge in [0.2, 0.25) is 0 Å². The lowest BCUT2D eigenvalue weighted by atomic mass is 10.0. The van der Waals surface area contributed by atoms with Gasteiger partial charge in [-0.25, -0.2) is 9.18 Å². The molecule has 4 nitrogen and oxygen atoms in total. The summed E-state index contributed by atoms with van der Waals surface area (Å²) in [6.07, 6.45) is 4.23. The van der Waals surface area contributed by atoms with Crippen molar-refractivity contribution in [3.05, 3.63) is 35.3 Å². The molecule has 0 saturated carbocycles. The molecular weight excluding hydrogens is 281 g/mol. The van der Waals surface area contributed by atoms with E-state index in [9.17, 15) is 9.18 Å². The number of likely N-dealkylation sites (tertiary alicyclic amines) is 1. The number of piperidine rings is 1. The number of nitrogens with one attached hydrogen (secondary N) is 1. The second kappa shape index (κ2) is 5.30. The first-order valence-electron chi connectivity index (χ1n) is 8.05. The summed E-state index contributed by atoms with van der Waals surface area (Å²) >= 11 is 0. The number of aromatic amines is 1. The molecule has 0 unspecified atom stereocenters. The number of carbonyl (C=O) groups excluding carboxylic acids is 1. The molecule has 3 heterocycles. The van der Waals surface area contributed by atoms with Crippen LogP contribution in [0.3, 0.4) is 0 Å². The van der Waals surface area contributed by atoms with E-state index < -0.39 is 0 Å². The molecule has 1 saturated heterocycles. The fourth-order valence-corrected chi connectivity index (χ4v) is 3.63. The summed E-state index contributed by atoms with van der Waals surface area (Å²) in [6.45, 7) is 3.04. The van der Waals surface area contributed by atoms with Gasteiger partial charge in [0.25, 0.3) is 0 Å². The van der Waals surface area contributed by atoms with E-state index in [0.717, 1.165) is 61.1 Å². The third kappa shape index (κ3) is 2.25. The molecule has 2 aromatic rings. The SMILES string of the molecule is O=C(N1CCCCC1)N1CCc2[nH]c3ccc(F)cc3c2C1. The number of amides is 2. The van der Waals surface area contributed by atoms with Crippen molar-refractivity contribution in [2.24, 2.45) is 0 Å². The number of nitrogens with zero attached hydrogens (tertiary/aromatic N) is 2. The Hall–Kier alpha value is -2.04. The number of aromatic nitrogens is 1. The maximum absolute atomic E-state index is 13.5. The number of fused-ring (bicyclic) bond motifs is 3. The zero-order valence-corrected chi connectivity index (χ0v) is 12.6. The molecule has 0 bridgehead atoms. The second-order valence-electron chi connectivity index (χ2n) is 6.27. The van der Waals surface area contributed by atoms with E-state index in [1.807, 2.05) is 9.80 Å². The zero-order valence-electron chi connectivity index (χ0n) is 12.6. The molecule has 4 rings (SSSR count). The van der Waals surface area contributed by atoms with Gasteiger partial charge < -0.3 is 14.8 Å². The largest absolute Gasteiger partial charge is 0.358 e. The van der Waals surface area contributed by atoms with E-state index in [-0.39, 0.29) is 11.8 Å². The van der Waals surface area contributed by atoms with E-state index in [4.69, 9.17) is 0 Å². The minimum atomic E-state index is -0.228. The van der Waals surface area contributed by atoms with Crippen molar-refractivity contribution in [2.45, 2.75) is 32.2 Å². The lowest BCUT2D eigenvalue weighted by Crippen LogP contribution is -2.47. The molecule has 2 aliphatic heterocycles. The number of carbonyl (C=O) groups is 1. The summed E-state index contributed by atoms with van der Waals surface area (Å²) < 4.78 is 13.5. The number of H-pyrrole nitrogens is 1. The summed E-state index contributed by atoms with van der Waals surface area (Å²) in [5.41, 5.74) is 3.17. The van der Waals surface area contributed by atoms with Crippen molar-refractivity contribution < 1.29 is 9.18 Å². The van der Waals surface area contributed by atoms with Crippen LogP contribution < -0.4 is 0 Å². The molecule has 2 aliphatic rings. The number of benzene rings is 1. The maximum atomic E-state index is 13.5. The number of hydrogen-bond acceptors (Lipinski definition) is 1. The molecule has 1 fully saturated rings. The highest BCUT2D eigenvalue weighted by molar-refractivity contribution is 5.86. The first-order chi connectivity index (χ1) is 10.7. The average Bonchev–Trinajstić information content (AvgIpc) is 2.92. The number of rotatable bonds is 0. The Balaban J connectivity index is 1.61. The van der Waals surface area contributed by atoms with E-state index in [0.29, 0.717) is 6.54 Å². The lowest BCUT2D eigenvalue weighted by molar-refractivity contribution is 0.139. The van der Waals surface area contributed by atoms with Crippen LogP contribution in [0, 0.1) is 5.82 Å². The Morgan fingerprint density at radius 1 is 1.09 bits per heavy atom. The third-order valence-corrected chi connectivity index (χ3v) is 4.83. The van der Waals surface area contributed by atoms with Gasteiger partial charge in [-0.1, -0.05) is 0 Å². The summed E-state index contributed by atoms with van der Waals surface area (Å²) in [5.74, 6) is -0.228. The molecule has 1 N–H and O–H groups in total. The van der Waals surface area contributed by atoms with Gasteiger partial charge in [-0.15, -0.1) is 0 Å². The molecular formula is C17H20FN3O. The second-order valence-corrected chi connectivity index (χ2v) is 6.27. The van der Waals surface area contributed by atoms with Crippen molar-refractivity contribution in [1.82, 2.24) is 14.8 Å². The van der Waals surface area contributed by atoms with Crippen LogP contribution in [0.5, 0.6) is 0 Å². The number of urea groups is 1. The summed E-state index contributed by atoms with van der Waals surface area (Å²) in [5, 5.41) is 0.908. The first-order valence-corrected chi connectivity index (χ1v) is 8.05. The van der Waals surface area contributed by atoms with Crippen molar-refractivity contribution in [3.8, 4) is 0 Å². The monoisotopic (exact) mass is 301 g/mol. The number of hydrogen-bond donors (Lipinski definition) is 1. The van der Waals surface area contributed by atoms with E-state index >= 15 is 0 Å². The third-order valence-electron chi connectivity index (χ3n) is 4.83. The van der Waals surface area contributed by atoms with Crippen molar-refractivity contribution in [2.75, 3.05) is 19.6 Å². The Bertz CT molecular complexity index is 718. The van der Waals surface area contributed by atoms with Gasteiger partial charge in [0, 0.05) is 54.8 Å². The van der Waals surface area contributed by atoms with Crippen LogP contribution in [0.4, 0.5) is 9.18 Å². The normalized spacial score (nSPS) is 18.6. The van der Waals surface area contributed by atoms with Gasteiger partial charge in [-0.2, -0.15) is 0 Å². The summed E-state index contributed by atoms with van der Waals surface area (Å²) in [4.78, 5) is 19.9. The van der Waals surface area contributed by atoms with Gasteiger partial charge >= 0.3 is 6.03 Å². The zero-order chi connectivity index (χ0) is 15.1. The molecule has 1 aromatic carbocycles. The van der Waals surface area contributed by atoms with Crippen LogP contribution in [0.15, 0.2) is 18.2 Å². The van der Waals surface area contributed by atoms with Crippen LogP contribution in [-0.4, -0.2) is 40.4 Å². The summed E-state index contributed by atoms with van der Waals surface area (Å²) in [7, 11) is 0. The Morgan fingerprint density at radius 2 is 1.91 bits per heavy atom. The van der Waals surface area contributed by atoms with Gasteiger partial charge in [0.05, 0.1) is 0 Å². The van der Waals surface area contributed by atoms with Crippen molar-refractivity contribution in [3.63, 3.8) is 0 Å². The van der Waals surface area contributed by atoms with Crippen molar-refractivity contribution in [1.29, 1.82) is 0 Å². The van der Waals surface area contributed by atoms with Crippen LogP contribution in [0.2, 0.25) is 0 Å². The average molecular weight is 301 g/mol. The molecule has 22 heavy (non-hydrogen) atoms. The molecule has 0 atom stereocenters. The standard InChI is InChI=1S/C17H20FN3O/c18-12-4-5-15-13(10-12)14-11-21(9-6-16(14)19-15)17(22)20-7-2-1-3-8-20/h4-5,10,19H,1-3,6-9,11H2. The lowest BCUT2D eigenvalue weighted by Gasteiger charge is -2.35. The first kappa shape index (κ1) is 13.6. The molecule has 0 aliphatic carbocycles. The highest BCUT2D eigenvalue weighted by Gasteiger charge is 2.27. The van der Waals surface area contributed by atoms with Gasteiger partial charge in [0.1, 0.15) is 5.82 Å². The van der Waals surface area contributed by atoms with Gasteiger partial charge in [-0.05, 0) is 37.5 Å². The molecule has 0 spiro atoms. The smallest absolute Gasteiger partial charge is 0.320 e. The summed E-state index contributed by atoms with van der Waals surface area (Å²) in [6, 6.07) is 4.95. The fourth-order valence-electron chi connectivity index (χ4n) is 3.63. The predicted octanol–water partition coefficient (Wildman–Crippen LogP) is 3.27.